The molecule has 68 valence electrons. The van der Waals surface area contributed by atoms with Crippen molar-refractivity contribution in [2.24, 2.45) is 0 Å². The molecule has 0 spiro atoms. The Bertz CT molecular complexity index is 366. The molecule has 2 rings (SSSR count). The lowest BCUT2D eigenvalue weighted by molar-refractivity contribution is 0.174. The summed E-state index contributed by atoms with van der Waals surface area (Å²) in [6.45, 7) is 0.349. The molecule has 0 bridgehead atoms. The highest BCUT2D eigenvalue weighted by Gasteiger charge is 2.08. The van der Waals surface area contributed by atoms with Crippen LogP contribution in [0.15, 0.2) is 27.5 Å². The van der Waals surface area contributed by atoms with E-state index in [1.807, 2.05) is 0 Å². The average Bonchev–Trinajstić information content (AvgIpc) is 2.70. The molecule has 0 fully saturated rings. The van der Waals surface area contributed by atoms with Gasteiger partial charge in [0.1, 0.15) is 12.9 Å². The first-order valence-electron chi connectivity index (χ1n) is 3.74. The van der Waals surface area contributed by atoms with E-state index in [4.69, 9.17) is 13.7 Å². The number of hydrogen-bond donors (Lipinski definition) is 0. The van der Waals surface area contributed by atoms with Crippen molar-refractivity contribution < 1.29 is 13.7 Å². The van der Waals surface area contributed by atoms with Crippen molar-refractivity contribution in [1.82, 2.24) is 10.1 Å². The lowest BCUT2D eigenvalue weighted by Gasteiger charge is -1.86. The molecule has 2 aromatic rings. The molecule has 0 atom stereocenters. The van der Waals surface area contributed by atoms with E-state index in [1.54, 1.807) is 25.7 Å². The lowest BCUT2D eigenvalue weighted by atomic mass is 10.3. The van der Waals surface area contributed by atoms with E-state index in [1.165, 1.54) is 0 Å². The van der Waals surface area contributed by atoms with Crippen molar-refractivity contribution in [2.45, 2.75) is 6.61 Å². The fourth-order valence-electron chi connectivity index (χ4n) is 0.945. The molecule has 2 heterocycles. The van der Waals surface area contributed by atoms with E-state index in [-0.39, 0.29) is 0 Å². The lowest BCUT2D eigenvalue weighted by Crippen LogP contribution is -1.88. The fraction of sp³-hybridized carbons (Fsp3) is 0.250. The molecular weight excluding hydrogens is 172 g/mol. The van der Waals surface area contributed by atoms with Gasteiger partial charge in [0, 0.05) is 7.11 Å². The molecule has 0 saturated heterocycles. The first kappa shape index (κ1) is 8.00. The Kier molecular flexibility index (Phi) is 2.09. The Morgan fingerprint density at radius 1 is 1.54 bits per heavy atom. The summed E-state index contributed by atoms with van der Waals surface area (Å²) in [6.07, 6.45) is 3.10. The Labute approximate surface area is 74.3 Å². The number of ether oxygens (including phenoxy) is 1. The van der Waals surface area contributed by atoms with Crippen LogP contribution >= 0.6 is 0 Å². The van der Waals surface area contributed by atoms with Crippen LogP contribution in [0.3, 0.4) is 0 Å². The van der Waals surface area contributed by atoms with Crippen LogP contribution in [0.5, 0.6) is 0 Å². The van der Waals surface area contributed by atoms with Gasteiger partial charge in [0.25, 0.3) is 5.89 Å². The van der Waals surface area contributed by atoms with Crippen LogP contribution < -0.4 is 0 Å². The van der Waals surface area contributed by atoms with Crippen molar-refractivity contribution in [2.75, 3.05) is 7.11 Å². The summed E-state index contributed by atoms with van der Waals surface area (Å²) in [6, 6.07) is 1.75. The largest absolute Gasteiger partial charge is 0.472 e. The number of hydrogen-bond acceptors (Lipinski definition) is 5. The van der Waals surface area contributed by atoms with Gasteiger partial charge in [0.05, 0.1) is 11.8 Å². The second kappa shape index (κ2) is 3.40. The predicted molar refractivity (Wildman–Crippen MR) is 42.7 cm³/mol. The molecule has 0 aliphatic carbocycles. The summed E-state index contributed by atoms with van der Waals surface area (Å²) in [7, 11) is 1.58. The fourth-order valence-corrected chi connectivity index (χ4v) is 0.945. The molecule has 2 aromatic heterocycles. The molecule has 0 aliphatic heterocycles. The second-order valence-electron chi connectivity index (χ2n) is 2.46. The molecular formula is C8H8N2O3. The van der Waals surface area contributed by atoms with Crippen LogP contribution in [-0.2, 0) is 11.3 Å². The summed E-state index contributed by atoms with van der Waals surface area (Å²) < 4.78 is 14.7. The summed E-state index contributed by atoms with van der Waals surface area (Å²) >= 11 is 0. The molecule has 0 aliphatic rings. The van der Waals surface area contributed by atoms with E-state index in [0.717, 1.165) is 5.56 Å². The monoisotopic (exact) mass is 180 g/mol. The minimum atomic E-state index is 0.349. The van der Waals surface area contributed by atoms with Gasteiger partial charge in [0.15, 0.2) is 5.82 Å². The molecule has 13 heavy (non-hydrogen) atoms. The zero-order valence-corrected chi connectivity index (χ0v) is 7.06. The van der Waals surface area contributed by atoms with Gasteiger partial charge in [-0.2, -0.15) is 4.98 Å². The normalized spacial score (nSPS) is 10.5. The van der Waals surface area contributed by atoms with Gasteiger partial charge < -0.3 is 13.7 Å². The van der Waals surface area contributed by atoms with Crippen LogP contribution in [-0.4, -0.2) is 17.3 Å². The van der Waals surface area contributed by atoms with Crippen LogP contribution in [0, 0.1) is 0 Å². The Morgan fingerprint density at radius 2 is 2.46 bits per heavy atom. The number of aromatic nitrogens is 2. The highest BCUT2D eigenvalue weighted by molar-refractivity contribution is 5.49. The number of methoxy groups -OCH3 is 1. The quantitative estimate of drug-likeness (QED) is 0.715. The Morgan fingerprint density at radius 3 is 3.15 bits per heavy atom. The first-order chi connectivity index (χ1) is 6.40. The van der Waals surface area contributed by atoms with Crippen LogP contribution in [0.4, 0.5) is 0 Å². The molecule has 0 radical (unpaired) electrons. The van der Waals surface area contributed by atoms with Crippen LogP contribution in [0.25, 0.3) is 11.5 Å². The minimum Gasteiger partial charge on any atom is -0.472 e. The molecule has 5 nitrogen and oxygen atoms in total. The summed E-state index contributed by atoms with van der Waals surface area (Å²) in [4.78, 5) is 4.08. The summed E-state index contributed by atoms with van der Waals surface area (Å²) in [5.41, 5.74) is 0.773. The maximum atomic E-state index is 4.96. The molecule has 0 unspecified atom stereocenters. The SMILES string of the molecule is COCc1noc(-c2ccoc2)n1. The smallest absolute Gasteiger partial charge is 0.261 e. The molecule has 0 saturated carbocycles. The van der Waals surface area contributed by atoms with Gasteiger partial charge in [-0.25, -0.2) is 0 Å². The van der Waals surface area contributed by atoms with E-state index < -0.39 is 0 Å². The second-order valence-corrected chi connectivity index (χ2v) is 2.46. The van der Waals surface area contributed by atoms with Crippen molar-refractivity contribution in [1.29, 1.82) is 0 Å². The van der Waals surface area contributed by atoms with E-state index in [9.17, 15) is 0 Å². The number of rotatable bonds is 3. The molecule has 0 amide bonds. The first-order valence-corrected chi connectivity index (χ1v) is 3.74. The molecule has 5 heteroatoms. The zero-order chi connectivity index (χ0) is 9.10. The summed E-state index contributed by atoms with van der Waals surface area (Å²) in [5.74, 6) is 0.972. The zero-order valence-electron chi connectivity index (χ0n) is 7.06. The van der Waals surface area contributed by atoms with E-state index in [2.05, 4.69) is 10.1 Å². The third-order valence-electron chi connectivity index (χ3n) is 1.51. The van der Waals surface area contributed by atoms with Gasteiger partial charge in [-0.1, -0.05) is 5.16 Å². The average molecular weight is 180 g/mol. The van der Waals surface area contributed by atoms with E-state index in [0.29, 0.717) is 18.3 Å². The van der Waals surface area contributed by atoms with Gasteiger partial charge in [-0.3, -0.25) is 0 Å². The highest BCUT2D eigenvalue weighted by atomic mass is 16.5. The van der Waals surface area contributed by atoms with Crippen LogP contribution in [0.1, 0.15) is 5.82 Å². The maximum absolute atomic E-state index is 4.96. The topological polar surface area (TPSA) is 61.3 Å². The predicted octanol–water partition coefficient (Wildman–Crippen LogP) is 1.48. The number of furan rings is 1. The van der Waals surface area contributed by atoms with Crippen molar-refractivity contribution in [3.8, 4) is 11.5 Å². The summed E-state index contributed by atoms with van der Waals surface area (Å²) in [5, 5.41) is 3.71. The van der Waals surface area contributed by atoms with Gasteiger partial charge in [-0.15, -0.1) is 0 Å². The molecule has 0 N–H and O–H groups in total. The van der Waals surface area contributed by atoms with Crippen molar-refractivity contribution >= 4 is 0 Å². The van der Waals surface area contributed by atoms with Gasteiger partial charge >= 0.3 is 0 Å². The maximum Gasteiger partial charge on any atom is 0.261 e. The number of nitrogens with zero attached hydrogens (tertiary/aromatic N) is 2. The highest BCUT2D eigenvalue weighted by Crippen LogP contribution is 2.16. The van der Waals surface area contributed by atoms with Crippen LogP contribution in [0.2, 0.25) is 0 Å². The standard InChI is InChI=1S/C8H8N2O3/c1-11-5-7-9-8(13-10-7)6-2-3-12-4-6/h2-4H,5H2,1H3. The van der Waals surface area contributed by atoms with Gasteiger partial charge in [0.2, 0.25) is 0 Å². The Hall–Kier alpha value is -1.62. The minimum absolute atomic E-state index is 0.349. The van der Waals surface area contributed by atoms with Crippen molar-refractivity contribution in [3.63, 3.8) is 0 Å². The Balaban J connectivity index is 2.23. The third kappa shape index (κ3) is 1.59. The van der Waals surface area contributed by atoms with E-state index >= 15 is 0 Å². The van der Waals surface area contributed by atoms with Crippen molar-refractivity contribution in [3.05, 3.63) is 24.4 Å². The van der Waals surface area contributed by atoms with Gasteiger partial charge in [-0.05, 0) is 6.07 Å². The third-order valence-corrected chi connectivity index (χ3v) is 1.51. The molecule has 0 aromatic carbocycles.